The molecule has 2 aromatic rings. The van der Waals surface area contributed by atoms with E-state index in [1.807, 2.05) is 6.92 Å². The van der Waals surface area contributed by atoms with E-state index in [0.717, 1.165) is 0 Å². The molecule has 2 fully saturated rings. The third-order valence-corrected chi connectivity index (χ3v) is 5.17. The van der Waals surface area contributed by atoms with E-state index in [1.54, 1.807) is 38.9 Å². The number of likely N-dealkylation sites (tertiary alicyclic amines) is 1. The van der Waals surface area contributed by atoms with Gasteiger partial charge in [-0.2, -0.15) is 5.10 Å². The molecule has 3 heterocycles. The molecule has 142 valence electrons. The zero-order valence-corrected chi connectivity index (χ0v) is 15.1. The number of hydrogen-bond acceptors (Lipinski definition) is 4. The van der Waals surface area contributed by atoms with E-state index in [2.05, 4.69) is 5.10 Å². The van der Waals surface area contributed by atoms with Crippen molar-refractivity contribution in [3.63, 3.8) is 0 Å². The molecule has 0 radical (unpaired) electrons. The van der Waals surface area contributed by atoms with Gasteiger partial charge in [0.1, 0.15) is 23.7 Å². The number of aromatic nitrogens is 2. The van der Waals surface area contributed by atoms with Gasteiger partial charge in [-0.25, -0.2) is 4.39 Å². The molecule has 0 bridgehead atoms. The van der Waals surface area contributed by atoms with Crippen LogP contribution in [0.25, 0.3) is 0 Å². The molecule has 1 spiro atoms. The predicted molar refractivity (Wildman–Crippen MR) is 95.9 cm³/mol. The topological polar surface area (TPSA) is 67.7 Å². The fraction of sp³-hybridized carbons (Fsp3) is 0.421. The third-order valence-electron chi connectivity index (χ3n) is 5.17. The van der Waals surface area contributed by atoms with Crippen LogP contribution in [0, 0.1) is 5.82 Å². The molecular weight excluding hydrogens is 351 g/mol. The van der Waals surface area contributed by atoms with Crippen molar-refractivity contribution in [3.05, 3.63) is 48.0 Å². The maximum absolute atomic E-state index is 13.2. The van der Waals surface area contributed by atoms with Crippen molar-refractivity contribution in [3.8, 4) is 0 Å². The van der Waals surface area contributed by atoms with Crippen molar-refractivity contribution in [2.75, 3.05) is 31.1 Å². The Labute approximate surface area is 156 Å². The van der Waals surface area contributed by atoms with E-state index in [-0.39, 0.29) is 24.2 Å². The first kappa shape index (κ1) is 17.7. The molecule has 7 nitrogen and oxygen atoms in total. The molecule has 1 aromatic carbocycles. The second-order valence-corrected chi connectivity index (χ2v) is 6.96. The third kappa shape index (κ3) is 3.32. The Morgan fingerprint density at radius 3 is 2.74 bits per heavy atom. The van der Waals surface area contributed by atoms with Crippen LogP contribution < -0.4 is 4.90 Å². The zero-order valence-electron chi connectivity index (χ0n) is 15.1. The SMILES string of the molecule is CCn1ccc(C(=O)N2CCC3(C2)CN(c2ccc(F)cc2)C(=O)CO3)n1. The van der Waals surface area contributed by atoms with E-state index in [1.165, 1.54) is 12.1 Å². The number of halogens is 1. The normalized spacial score (nSPS) is 22.7. The van der Waals surface area contributed by atoms with Crippen LogP contribution in [0.5, 0.6) is 0 Å². The van der Waals surface area contributed by atoms with Crippen molar-refractivity contribution < 1.29 is 18.7 Å². The molecule has 2 aliphatic rings. The fourth-order valence-corrected chi connectivity index (χ4v) is 3.65. The Morgan fingerprint density at radius 2 is 2.04 bits per heavy atom. The number of benzene rings is 1. The highest BCUT2D eigenvalue weighted by atomic mass is 19.1. The van der Waals surface area contributed by atoms with Gasteiger partial charge in [0, 0.05) is 25.0 Å². The summed E-state index contributed by atoms with van der Waals surface area (Å²) in [7, 11) is 0. The van der Waals surface area contributed by atoms with Crippen LogP contribution in [0.3, 0.4) is 0 Å². The first-order chi connectivity index (χ1) is 13.0. The molecule has 2 saturated heterocycles. The summed E-state index contributed by atoms with van der Waals surface area (Å²) < 4.78 is 20.8. The minimum atomic E-state index is -0.606. The lowest BCUT2D eigenvalue weighted by molar-refractivity contribution is -0.137. The maximum atomic E-state index is 13.2. The Bertz CT molecular complexity index is 866. The summed E-state index contributed by atoms with van der Waals surface area (Å²) in [6.45, 7) is 3.89. The number of ether oxygens (including phenoxy) is 1. The molecule has 2 aliphatic heterocycles. The summed E-state index contributed by atoms with van der Waals surface area (Å²) in [5, 5.41) is 4.27. The molecule has 1 atom stereocenters. The van der Waals surface area contributed by atoms with Crippen LogP contribution in [0.15, 0.2) is 36.5 Å². The summed E-state index contributed by atoms with van der Waals surface area (Å²) in [6, 6.07) is 7.55. The van der Waals surface area contributed by atoms with Crippen molar-refractivity contribution in [2.24, 2.45) is 0 Å². The number of hydrogen-bond donors (Lipinski definition) is 0. The first-order valence-corrected chi connectivity index (χ1v) is 9.02. The lowest BCUT2D eigenvalue weighted by Crippen LogP contribution is -2.56. The molecule has 0 N–H and O–H groups in total. The van der Waals surface area contributed by atoms with E-state index in [0.29, 0.717) is 44.0 Å². The Balaban J connectivity index is 1.49. The van der Waals surface area contributed by atoms with Gasteiger partial charge in [0.25, 0.3) is 11.8 Å². The van der Waals surface area contributed by atoms with Crippen LogP contribution >= 0.6 is 0 Å². The van der Waals surface area contributed by atoms with Gasteiger partial charge in [0.05, 0.1) is 13.1 Å². The highest BCUT2D eigenvalue weighted by Crippen LogP contribution is 2.32. The minimum absolute atomic E-state index is 0.0517. The molecule has 27 heavy (non-hydrogen) atoms. The van der Waals surface area contributed by atoms with Crippen LogP contribution in [0.1, 0.15) is 23.8 Å². The van der Waals surface area contributed by atoms with E-state index < -0.39 is 5.60 Å². The van der Waals surface area contributed by atoms with Gasteiger partial charge >= 0.3 is 0 Å². The number of anilines is 1. The highest BCUT2D eigenvalue weighted by molar-refractivity contribution is 5.95. The Hall–Kier alpha value is -2.74. The standard InChI is InChI=1S/C19H21FN4O3/c1-2-23-9-7-16(21-23)18(26)22-10-8-19(12-22)13-24(17(25)11-27-19)15-5-3-14(20)4-6-15/h3-7,9H,2,8,10-13H2,1H3. The quantitative estimate of drug-likeness (QED) is 0.822. The molecule has 8 heteroatoms. The highest BCUT2D eigenvalue weighted by Gasteiger charge is 2.47. The molecular formula is C19H21FN4O3. The fourth-order valence-electron chi connectivity index (χ4n) is 3.65. The number of amides is 2. The van der Waals surface area contributed by atoms with Gasteiger partial charge in [-0.3, -0.25) is 14.3 Å². The van der Waals surface area contributed by atoms with E-state index >= 15 is 0 Å². The zero-order chi connectivity index (χ0) is 19.0. The van der Waals surface area contributed by atoms with Crippen LogP contribution in [-0.4, -0.2) is 58.3 Å². The van der Waals surface area contributed by atoms with Gasteiger partial charge in [-0.1, -0.05) is 0 Å². The molecule has 1 aromatic heterocycles. The summed E-state index contributed by atoms with van der Waals surface area (Å²) in [4.78, 5) is 28.4. The summed E-state index contributed by atoms with van der Waals surface area (Å²) >= 11 is 0. The summed E-state index contributed by atoms with van der Waals surface area (Å²) in [5.74, 6) is -0.648. The monoisotopic (exact) mass is 372 g/mol. The maximum Gasteiger partial charge on any atom is 0.274 e. The smallest absolute Gasteiger partial charge is 0.274 e. The Kier molecular flexibility index (Phi) is 4.43. The second kappa shape index (κ2) is 6.77. The van der Waals surface area contributed by atoms with Crippen molar-refractivity contribution in [2.45, 2.75) is 25.5 Å². The van der Waals surface area contributed by atoms with E-state index in [9.17, 15) is 14.0 Å². The lowest BCUT2D eigenvalue weighted by atomic mass is 10.00. The molecule has 1 unspecified atom stereocenters. The molecule has 0 aliphatic carbocycles. The van der Waals surface area contributed by atoms with Crippen LogP contribution in [0.4, 0.5) is 10.1 Å². The molecule has 0 saturated carbocycles. The second-order valence-electron chi connectivity index (χ2n) is 6.96. The van der Waals surface area contributed by atoms with Crippen molar-refractivity contribution in [1.29, 1.82) is 0 Å². The number of nitrogens with zero attached hydrogens (tertiary/aromatic N) is 4. The number of aryl methyl sites for hydroxylation is 1. The Morgan fingerprint density at radius 1 is 1.26 bits per heavy atom. The predicted octanol–water partition coefficient (Wildman–Crippen LogP) is 1.69. The van der Waals surface area contributed by atoms with Crippen LogP contribution in [0.2, 0.25) is 0 Å². The van der Waals surface area contributed by atoms with Gasteiger partial charge in [0.15, 0.2) is 0 Å². The number of morpholine rings is 1. The molecule has 4 rings (SSSR count). The number of carbonyl (C=O) groups is 2. The largest absolute Gasteiger partial charge is 0.361 e. The van der Waals surface area contributed by atoms with Gasteiger partial charge in [0.2, 0.25) is 0 Å². The summed E-state index contributed by atoms with van der Waals surface area (Å²) in [5.41, 5.74) is 0.442. The molecule has 2 amide bonds. The first-order valence-electron chi connectivity index (χ1n) is 9.02. The van der Waals surface area contributed by atoms with Gasteiger partial charge in [-0.05, 0) is 43.7 Å². The summed E-state index contributed by atoms with van der Waals surface area (Å²) in [6.07, 6.45) is 2.42. The van der Waals surface area contributed by atoms with Crippen molar-refractivity contribution >= 4 is 17.5 Å². The van der Waals surface area contributed by atoms with Gasteiger partial charge in [-0.15, -0.1) is 0 Å². The van der Waals surface area contributed by atoms with Crippen molar-refractivity contribution in [1.82, 2.24) is 14.7 Å². The number of rotatable bonds is 3. The average molecular weight is 372 g/mol. The van der Waals surface area contributed by atoms with Crippen LogP contribution in [-0.2, 0) is 16.1 Å². The minimum Gasteiger partial charge on any atom is -0.361 e. The van der Waals surface area contributed by atoms with Gasteiger partial charge < -0.3 is 14.5 Å². The lowest BCUT2D eigenvalue weighted by Gasteiger charge is -2.40. The average Bonchev–Trinajstić information content (AvgIpc) is 3.32. The van der Waals surface area contributed by atoms with E-state index in [4.69, 9.17) is 4.74 Å². The number of carbonyl (C=O) groups excluding carboxylic acids is 2.